The van der Waals surface area contributed by atoms with Gasteiger partial charge in [0.15, 0.2) is 0 Å². The number of aromatic nitrogens is 1. The minimum absolute atomic E-state index is 0.0614. The first-order valence-electron chi connectivity index (χ1n) is 4.55. The largest absolute Gasteiger partial charge is 0.480 e. The van der Waals surface area contributed by atoms with Gasteiger partial charge >= 0.3 is 5.97 Å². The molecule has 0 amide bonds. The third-order valence-electron chi connectivity index (χ3n) is 2.35. The molecule has 3 nitrogen and oxygen atoms in total. The molecular weight excluding hydrogens is 214 g/mol. The summed E-state index contributed by atoms with van der Waals surface area (Å²) in [5.41, 5.74) is 1.83. The number of carboxylic acid groups (broad SMARTS) is 1. The molecule has 78 valence electrons. The molecule has 1 aromatic carbocycles. The molecular formula is C11H10ClNO2. The molecule has 0 aliphatic rings. The Kier molecular flexibility index (Phi) is 2.40. The summed E-state index contributed by atoms with van der Waals surface area (Å²) in [4.78, 5) is 10.7. The van der Waals surface area contributed by atoms with E-state index in [0.29, 0.717) is 5.02 Å². The lowest BCUT2D eigenvalue weighted by molar-refractivity contribution is -0.137. The second kappa shape index (κ2) is 3.59. The number of aliphatic carboxylic acids is 1. The molecule has 4 heteroatoms. The number of nitrogens with zero attached hydrogens (tertiary/aromatic N) is 1. The molecule has 2 rings (SSSR count). The van der Waals surface area contributed by atoms with E-state index in [1.807, 2.05) is 25.3 Å². The topological polar surface area (TPSA) is 42.2 Å². The summed E-state index contributed by atoms with van der Waals surface area (Å²) in [5, 5.41) is 10.4. The Morgan fingerprint density at radius 1 is 1.53 bits per heavy atom. The first-order valence-corrected chi connectivity index (χ1v) is 4.93. The van der Waals surface area contributed by atoms with Crippen molar-refractivity contribution in [3.63, 3.8) is 0 Å². The van der Waals surface area contributed by atoms with E-state index in [9.17, 15) is 4.79 Å². The van der Waals surface area contributed by atoms with Gasteiger partial charge in [0.25, 0.3) is 0 Å². The van der Waals surface area contributed by atoms with Crippen molar-refractivity contribution in [3.05, 3.63) is 35.0 Å². The lowest BCUT2D eigenvalue weighted by atomic mass is 10.2. The number of benzene rings is 1. The summed E-state index contributed by atoms with van der Waals surface area (Å²) >= 11 is 6.05. The fourth-order valence-corrected chi connectivity index (χ4v) is 2.05. The van der Waals surface area contributed by atoms with E-state index < -0.39 is 5.97 Å². The van der Waals surface area contributed by atoms with Gasteiger partial charge in [0.2, 0.25) is 0 Å². The van der Waals surface area contributed by atoms with E-state index >= 15 is 0 Å². The van der Waals surface area contributed by atoms with Crippen LogP contribution in [0.4, 0.5) is 0 Å². The minimum Gasteiger partial charge on any atom is -0.480 e. The summed E-state index contributed by atoms with van der Waals surface area (Å²) < 4.78 is 1.66. The number of carboxylic acids is 1. The summed E-state index contributed by atoms with van der Waals surface area (Å²) in [5.74, 6) is -0.869. The van der Waals surface area contributed by atoms with Crippen molar-refractivity contribution >= 4 is 28.5 Å². The maximum absolute atomic E-state index is 10.7. The Hall–Kier alpha value is -1.48. The SMILES string of the molecule is Cc1cn(CC(=O)O)c2c(Cl)cccc12. The number of aryl methyl sites for hydroxylation is 1. The molecule has 0 saturated heterocycles. The van der Waals surface area contributed by atoms with Crippen LogP contribution in [0.5, 0.6) is 0 Å². The minimum atomic E-state index is -0.869. The van der Waals surface area contributed by atoms with E-state index in [2.05, 4.69) is 0 Å². The average Bonchev–Trinajstić information content (AvgIpc) is 2.44. The van der Waals surface area contributed by atoms with Crippen LogP contribution in [0.2, 0.25) is 5.02 Å². The lowest BCUT2D eigenvalue weighted by Gasteiger charge is -2.02. The van der Waals surface area contributed by atoms with Crippen LogP contribution in [0.25, 0.3) is 10.9 Å². The van der Waals surface area contributed by atoms with Crippen molar-refractivity contribution < 1.29 is 9.90 Å². The molecule has 15 heavy (non-hydrogen) atoms. The Morgan fingerprint density at radius 3 is 2.93 bits per heavy atom. The Labute approximate surface area is 91.9 Å². The van der Waals surface area contributed by atoms with E-state index in [1.165, 1.54) is 0 Å². The van der Waals surface area contributed by atoms with Crippen LogP contribution in [-0.2, 0) is 11.3 Å². The zero-order valence-electron chi connectivity index (χ0n) is 8.20. The predicted molar refractivity (Wildman–Crippen MR) is 59.3 cm³/mol. The van der Waals surface area contributed by atoms with Gasteiger partial charge in [-0.15, -0.1) is 0 Å². The van der Waals surface area contributed by atoms with Gasteiger partial charge in [-0.05, 0) is 18.6 Å². The van der Waals surface area contributed by atoms with E-state index in [4.69, 9.17) is 16.7 Å². The molecule has 0 radical (unpaired) electrons. The van der Waals surface area contributed by atoms with Gasteiger partial charge in [-0.25, -0.2) is 0 Å². The highest BCUT2D eigenvalue weighted by Crippen LogP contribution is 2.27. The van der Waals surface area contributed by atoms with Crippen LogP contribution in [-0.4, -0.2) is 15.6 Å². The number of rotatable bonds is 2. The van der Waals surface area contributed by atoms with Gasteiger partial charge in [0.05, 0.1) is 10.5 Å². The molecule has 0 unspecified atom stereocenters. The lowest BCUT2D eigenvalue weighted by Crippen LogP contribution is -2.07. The van der Waals surface area contributed by atoms with Gasteiger partial charge in [0, 0.05) is 11.6 Å². The maximum atomic E-state index is 10.7. The van der Waals surface area contributed by atoms with Crippen LogP contribution in [0, 0.1) is 6.92 Å². The monoisotopic (exact) mass is 223 g/mol. The molecule has 0 aliphatic carbocycles. The summed E-state index contributed by atoms with van der Waals surface area (Å²) in [6, 6.07) is 5.57. The smallest absolute Gasteiger partial charge is 0.323 e. The number of fused-ring (bicyclic) bond motifs is 1. The van der Waals surface area contributed by atoms with Gasteiger partial charge in [-0.2, -0.15) is 0 Å². The van der Waals surface area contributed by atoms with Crippen molar-refractivity contribution in [3.8, 4) is 0 Å². The Bertz CT molecular complexity index is 531. The van der Waals surface area contributed by atoms with Crippen molar-refractivity contribution in [2.45, 2.75) is 13.5 Å². The number of para-hydroxylation sites is 1. The van der Waals surface area contributed by atoms with Crippen LogP contribution in [0.3, 0.4) is 0 Å². The fourth-order valence-electron chi connectivity index (χ4n) is 1.76. The van der Waals surface area contributed by atoms with Crippen LogP contribution >= 0.6 is 11.6 Å². The molecule has 1 heterocycles. The standard InChI is InChI=1S/C11H10ClNO2/c1-7-5-13(6-10(14)15)11-8(7)3-2-4-9(11)12/h2-5H,6H2,1H3,(H,14,15). The second-order valence-corrected chi connectivity index (χ2v) is 3.88. The summed E-state index contributed by atoms with van der Waals surface area (Å²) in [6.45, 7) is 1.88. The first kappa shape index (κ1) is 10.1. The molecule has 0 spiro atoms. The first-order chi connectivity index (χ1) is 7.09. The summed E-state index contributed by atoms with van der Waals surface area (Å²) in [6.07, 6.45) is 1.81. The Balaban J connectivity index is 2.70. The van der Waals surface area contributed by atoms with Gasteiger partial charge < -0.3 is 9.67 Å². The van der Waals surface area contributed by atoms with Crippen molar-refractivity contribution in [1.29, 1.82) is 0 Å². The van der Waals surface area contributed by atoms with Crippen molar-refractivity contribution in [2.24, 2.45) is 0 Å². The summed E-state index contributed by atoms with van der Waals surface area (Å²) in [7, 11) is 0. The molecule has 0 aliphatic heterocycles. The van der Waals surface area contributed by atoms with Crippen LogP contribution in [0.1, 0.15) is 5.56 Å². The Morgan fingerprint density at radius 2 is 2.27 bits per heavy atom. The van der Waals surface area contributed by atoms with Crippen molar-refractivity contribution in [2.75, 3.05) is 0 Å². The zero-order valence-corrected chi connectivity index (χ0v) is 8.95. The number of hydrogen-bond acceptors (Lipinski definition) is 1. The molecule has 0 saturated carbocycles. The quantitative estimate of drug-likeness (QED) is 0.851. The van der Waals surface area contributed by atoms with E-state index in [0.717, 1.165) is 16.5 Å². The van der Waals surface area contributed by atoms with Gasteiger partial charge in [-0.1, -0.05) is 23.7 Å². The highest BCUT2D eigenvalue weighted by atomic mass is 35.5. The average molecular weight is 224 g/mol. The zero-order chi connectivity index (χ0) is 11.0. The van der Waals surface area contributed by atoms with Crippen LogP contribution < -0.4 is 0 Å². The fraction of sp³-hybridized carbons (Fsp3) is 0.182. The highest BCUT2D eigenvalue weighted by molar-refractivity contribution is 6.35. The van der Waals surface area contributed by atoms with E-state index in [-0.39, 0.29) is 6.54 Å². The molecule has 0 fully saturated rings. The molecule has 1 N–H and O–H groups in total. The van der Waals surface area contributed by atoms with E-state index in [1.54, 1.807) is 10.6 Å². The third-order valence-corrected chi connectivity index (χ3v) is 2.66. The second-order valence-electron chi connectivity index (χ2n) is 3.47. The molecule has 2 aromatic rings. The molecule has 0 bridgehead atoms. The third kappa shape index (κ3) is 1.70. The normalized spacial score (nSPS) is 10.8. The van der Waals surface area contributed by atoms with Gasteiger partial charge in [0.1, 0.15) is 6.54 Å². The predicted octanol–water partition coefficient (Wildman–Crippen LogP) is 2.69. The van der Waals surface area contributed by atoms with Crippen LogP contribution in [0.15, 0.2) is 24.4 Å². The number of hydrogen-bond donors (Lipinski definition) is 1. The highest BCUT2D eigenvalue weighted by Gasteiger charge is 2.10. The maximum Gasteiger partial charge on any atom is 0.323 e. The molecule has 1 aromatic heterocycles. The van der Waals surface area contributed by atoms with Gasteiger partial charge in [-0.3, -0.25) is 4.79 Å². The number of halogens is 1. The molecule has 0 atom stereocenters. The number of carbonyl (C=O) groups is 1. The van der Waals surface area contributed by atoms with Crippen molar-refractivity contribution in [1.82, 2.24) is 4.57 Å².